The molecular weight excluding hydrogens is 597 g/mol. The van der Waals surface area contributed by atoms with Gasteiger partial charge in [-0.2, -0.15) is 0 Å². The lowest BCUT2D eigenvalue weighted by Gasteiger charge is -2.17. The second kappa shape index (κ2) is 7.95. The second-order valence-corrected chi connectivity index (χ2v) is 12.7. The Hall–Kier alpha value is -1.53. The van der Waals surface area contributed by atoms with Crippen LogP contribution in [0.15, 0.2) is 55.1 Å². The van der Waals surface area contributed by atoms with Crippen LogP contribution >= 0.6 is 45.2 Å². The van der Waals surface area contributed by atoms with E-state index in [1.54, 1.807) is 32.2 Å². The Labute approximate surface area is 195 Å². The molecule has 0 spiro atoms. The van der Waals surface area contributed by atoms with E-state index in [1.807, 2.05) is 29.1 Å². The van der Waals surface area contributed by atoms with Crippen LogP contribution in [0.3, 0.4) is 0 Å². The number of aliphatic hydroxyl groups is 1. The van der Waals surface area contributed by atoms with E-state index < -0.39 is 5.60 Å². The zero-order valence-electron chi connectivity index (χ0n) is 15.9. The van der Waals surface area contributed by atoms with Crippen LogP contribution in [0.5, 0.6) is 0 Å². The minimum Gasteiger partial charge on any atom is -0.384 e. The number of hydrogen-bond acceptors (Lipinski definition) is 3. The molecule has 0 amide bonds. The van der Waals surface area contributed by atoms with Gasteiger partial charge in [-0.05, 0) is 50.2 Å². The van der Waals surface area contributed by atoms with Gasteiger partial charge in [0.2, 0.25) is 0 Å². The molecule has 0 atom stereocenters. The topological polar surface area (TPSA) is 55.4 Å². The number of alkyl halides is 2. The summed E-state index contributed by atoms with van der Waals surface area (Å²) in [5.41, 5.74) is 4.01. The van der Waals surface area contributed by atoms with Gasteiger partial charge in [0, 0.05) is 23.9 Å². The average Bonchev–Trinajstić information content (AvgIpc) is 3.25. The summed E-state index contributed by atoms with van der Waals surface area (Å²) in [6.07, 6.45) is 5.50. The van der Waals surface area contributed by atoms with Crippen LogP contribution in [0.4, 0.5) is 4.39 Å². The molecule has 0 aliphatic rings. The summed E-state index contributed by atoms with van der Waals surface area (Å²) in [5, 5.41) is 10.5. The molecular formula is C21H19FI2N4O. The molecule has 1 N–H and O–H groups in total. The number of aromatic nitrogens is 4. The van der Waals surface area contributed by atoms with Crippen LogP contribution in [-0.4, -0.2) is 26.0 Å². The molecule has 4 aromatic rings. The van der Waals surface area contributed by atoms with Crippen molar-refractivity contribution in [1.29, 1.82) is 0 Å². The number of nitrogens with zero attached hydrogens (tertiary/aromatic N) is 4. The molecule has 0 radical (unpaired) electrons. The smallest absolute Gasteiger partial charge is 0.137 e. The summed E-state index contributed by atoms with van der Waals surface area (Å²) in [6.45, 7) is 4.27. The third-order valence-electron chi connectivity index (χ3n) is 4.70. The first kappa shape index (κ1) is 20.7. The van der Waals surface area contributed by atoms with Crippen LogP contribution in [0.25, 0.3) is 28.2 Å². The van der Waals surface area contributed by atoms with E-state index in [2.05, 4.69) is 59.7 Å². The van der Waals surface area contributed by atoms with Gasteiger partial charge in [0.1, 0.15) is 17.1 Å². The van der Waals surface area contributed by atoms with Crippen molar-refractivity contribution in [3.05, 3.63) is 66.6 Å². The SMILES string of the molecule is CC(C)(O)c1cnc2ccc(-c3c(-c4ccc(F)cc4)ncn3CC(I)I)cn12. The zero-order chi connectivity index (χ0) is 20.8. The Balaban J connectivity index is 1.93. The first-order valence-electron chi connectivity index (χ1n) is 9.03. The fourth-order valence-corrected chi connectivity index (χ4v) is 4.21. The van der Waals surface area contributed by atoms with Gasteiger partial charge in [-0.1, -0.05) is 45.2 Å². The number of halogens is 3. The molecule has 0 unspecified atom stereocenters. The molecule has 29 heavy (non-hydrogen) atoms. The monoisotopic (exact) mass is 616 g/mol. The van der Waals surface area contributed by atoms with Gasteiger partial charge in [0.05, 0.1) is 31.5 Å². The Bertz CT molecular complexity index is 1160. The Morgan fingerprint density at radius 2 is 1.76 bits per heavy atom. The fourth-order valence-electron chi connectivity index (χ4n) is 3.36. The standard InChI is InChI=1S/C21H19FI2N4O/c1-21(2,29)16-9-25-18-8-5-14(10-28(16)18)20-19(13-3-6-15(22)7-4-13)26-12-27(20)11-17(23)24/h3-10,12,17,29H,11H2,1-2H3. The minimum atomic E-state index is -1.02. The van der Waals surface area contributed by atoms with E-state index in [9.17, 15) is 9.50 Å². The van der Waals surface area contributed by atoms with E-state index in [0.29, 0.717) is 7.63 Å². The molecule has 0 fully saturated rings. The highest BCUT2D eigenvalue weighted by Crippen LogP contribution is 2.33. The van der Waals surface area contributed by atoms with Gasteiger partial charge in [0.25, 0.3) is 0 Å². The highest BCUT2D eigenvalue weighted by atomic mass is 127. The van der Waals surface area contributed by atoms with Crippen molar-refractivity contribution >= 4 is 50.8 Å². The maximum atomic E-state index is 13.4. The predicted octanol–water partition coefficient (Wildman–Crippen LogP) is 5.43. The lowest BCUT2D eigenvalue weighted by molar-refractivity contribution is 0.0730. The van der Waals surface area contributed by atoms with E-state index in [-0.39, 0.29) is 5.82 Å². The van der Waals surface area contributed by atoms with Crippen molar-refractivity contribution in [3.63, 3.8) is 0 Å². The van der Waals surface area contributed by atoms with Crippen molar-refractivity contribution in [1.82, 2.24) is 18.9 Å². The Morgan fingerprint density at radius 3 is 2.41 bits per heavy atom. The number of fused-ring (bicyclic) bond motifs is 1. The molecule has 5 nitrogen and oxygen atoms in total. The van der Waals surface area contributed by atoms with Crippen LogP contribution in [0.1, 0.15) is 19.5 Å². The number of imidazole rings is 2. The largest absolute Gasteiger partial charge is 0.384 e. The van der Waals surface area contributed by atoms with Crippen LogP contribution in [0, 0.1) is 5.82 Å². The summed E-state index contributed by atoms with van der Waals surface area (Å²) in [7, 11) is 0. The molecule has 0 aliphatic carbocycles. The molecule has 4 rings (SSSR count). The van der Waals surface area contributed by atoms with Crippen molar-refractivity contribution in [3.8, 4) is 22.5 Å². The van der Waals surface area contributed by atoms with Crippen LogP contribution in [-0.2, 0) is 12.1 Å². The molecule has 3 heterocycles. The predicted molar refractivity (Wildman–Crippen MR) is 129 cm³/mol. The number of rotatable bonds is 5. The Morgan fingerprint density at radius 1 is 1.07 bits per heavy atom. The normalized spacial score (nSPS) is 12.2. The summed E-state index contributed by atoms with van der Waals surface area (Å²) in [5.74, 6) is -0.274. The first-order chi connectivity index (χ1) is 13.7. The van der Waals surface area contributed by atoms with E-state index in [4.69, 9.17) is 0 Å². The lowest BCUT2D eigenvalue weighted by atomic mass is 10.0. The van der Waals surface area contributed by atoms with Crippen molar-refractivity contribution in [2.45, 2.75) is 27.9 Å². The zero-order valence-corrected chi connectivity index (χ0v) is 20.2. The highest BCUT2D eigenvalue weighted by Gasteiger charge is 2.22. The quantitative estimate of drug-likeness (QED) is 0.241. The summed E-state index contributed by atoms with van der Waals surface area (Å²) in [4.78, 5) is 9.05. The Kier molecular flexibility index (Phi) is 5.68. The maximum Gasteiger partial charge on any atom is 0.137 e. The molecule has 1 aromatic carbocycles. The molecule has 8 heteroatoms. The number of pyridine rings is 1. The van der Waals surface area contributed by atoms with E-state index in [0.717, 1.165) is 34.7 Å². The summed E-state index contributed by atoms with van der Waals surface area (Å²) >= 11 is 4.76. The molecule has 0 aliphatic heterocycles. The van der Waals surface area contributed by atoms with E-state index in [1.165, 1.54) is 12.1 Å². The van der Waals surface area contributed by atoms with Gasteiger partial charge in [-0.25, -0.2) is 14.4 Å². The van der Waals surface area contributed by atoms with Crippen molar-refractivity contribution < 1.29 is 9.50 Å². The first-order valence-corrected chi connectivity index (χ1v) is 11.5. The molecule has 0 saturated carbocycles. The minimum absolute atomic E-state index is 0.274. The van der Waals surface area contributed by atoms with Gasteiger partial charge < -0.3 is 14.1 Å². The maximum absolute atomic E-state index is 13.4. The lowest BCUT2D eigenvalue weighted by Crippen LogP contribution is -2.18. The van der Waals surface area contributed by atoms with Gasteiger partial charge in [-0.3, -0.25) is 0 Å². The molecule has 150 valence electrons. The number of benzene rings is 1. The number of hydrogen-bond donors (Lipinski definition) is 1. The van der Waals surface area contributed by atoms with Crippen LogP contribution in [0.2, 0.25) is 0 Å². The third-order valence-corrected chi connectivity index (χ3v) is 5.48. The second-order valence-electron chi connectivity index (χ2n) is 7.34. The van der Waals surface area contributed by atoms with Gasteiger partial charge >= 0.3 is 0 Å². The summed E-state index contributed by atoms with van der Waals surface area (Å²) in [6, 6.07) is 10.3. The average molecular weight is 616 g/mol. The van der Waals surface area contributed by atoms with Crippen molar-refractivity contribution in [2.24, 2.45) is 0 Å². The van der Waals surface area contributed by atoms with E-state index >= 15 is 0 Å². The molecule has 0 saturated heterocycles. The van der Waals surface area contributed by atoms with Crippen LogP contribution < -0.4 is 0 Å². The molecule has 3 aromatic heterocycles. The van der Waals surface area contributed by atoms with Gasteiger partial charge in [-0.15, -0.1) is 0 Å². The highest BCUT2D eigenvalue weighted by molar-refractivity contribution is 14.2. The molecule has 0 bridgehead atoms. The van der Waals surface area contributed by atoms with Gasteiger partial charge in [0.15, 0.2) is 0 Å². The summed E-state index contributed by atoms with van der Waals surface area (Å²) < 4.78 is 17.8. The third kappa shape index (κ3) is 4.19. The van der Waals surface area contributed by atoms with Crippen molar-refractivity contribution in [2.75, 3.05) is 0 Å². The fraction of sp³-hybridized carbons (Fsp3) is 0.238.